The third-order valence-corrected chi connectivity index (χ3v) is 3.86. The van der Waals surface area contributed by atoms with Gasteiger partial charge in [-0.25, -0.2) is 14.2 Å². The molecule has 0 fully saturated rings. The van der Waals surface area contributed by atoms with E-state index < -0.39 is 0 Å². The van der Waals surface area contributed by atoms with Gasteiger partial charge in [-0.15, -0.1) is 0 Å². The molecule has 110 valence electrons. The molecule has 4 rings (SSSR count). The van der Waals surface area contributed by atoms with E-state index in [1.807, 2.05) is 30.3 Å². The number of hydrogen-bond acceptors (Lipinski definition) is 4. The SMILES string of the molecule is CC(C)c1nc2c3cnn(-c4ccccc4)c3nc(=S)n2[nH]1. The second kappa shape index (κ2) is 4.74. The summed E-state index contributed by atoms with van der Waals surface area (Å²) in [5, 5.41) is 8.53. The Morgan fingerprint density at radius 2 is 1.86 bits per heavy atom. The second-order valence-electron chi connectivity index (χ2n) is 5.45. The quantitative estimate of drug-likeness (QED) is 0.577. The lowest BCUT2D eigenvalue weighted by atomic mass is 10.2. The van der Waals surface area contributed by atoms with Crippen molar-refractivity contribution in [2.45, 2.75) is 19.8 Å². The van der Waals surface area contributed by atoms with Gasteiger partial charge in [0.25, 0.3) is 0 Å². The van der Waals surface area contributed by atoms with Crippen LogP contribution < -0.4 is 0 Å². The number of rotatable bonds is 2. The van der Waals surface area contributed by atoms with E-state index in [2.05, 4.69) is 34.0 Å². The molecule has 0 spiro atoms. The number of aromatic amines is 1. The molecule has 6 nitrogen and oxygen atoms in total. The van der Waals surface area contributed by atoms with Crippen LogP contribution in [-0.2, 0) is 0 Å². The monoisotopic (exact) mass is 310 g/mol. The summed E-state index contributed by atoms with van der Waals surface area (Å²) in [6.07, 6.45) is 1.78. The Balaban J connectivity index is 2.07. The Morgan fingerprint density at radius 1 is 1.09 bits per heavy atom. The number of aromatic nitrogens is 6. The van der Waals surface area contributed by atoms with Gasteiger partial charge in [-0.05, 0) is 24.4 Å². The van der Waals surface area contributed by atoms with Gasteiger partial charge in [0.15, 0.2) is 11.3 Å². The van der Waals surface area contributed by atoms with E-state index in [1.54, 1.807) is 15.4 Å². The molecular weight excluding hydrogens is 296 g/mol. The van der Waals surface area contributed by atoms with E-state index >= 15 is 0 Å². The molecule has 0 aliphatic rings. The van der Waals surface area contributed by atoms with Gasteiger partial charge in [0.2, 0.25) is 4.77 Å². The molecule has 0 amide bonds. The van der Waals surface area contributed by atoms with Crippen molar-refractivity contribution in [3.8, 4) is 5.69 Å². The maximum absolute atomic E-state index is 5.40. The molecule has 1 N–H and O–H groups in total. The summed E-state index contributed by atoms with van der Waals surface area (Å²) < 4.78 is 3.97. The van der Waals surface area contributed by atoms with Gasteiger partial charge in [-0.3, -0.25) is 5.10 Å². The van der Waals surface area contributed by atoms with Crippen LogP contribution in [0.4, 0.5) is 0 Å². The van der Waals surface area contributed by atoms with Crippen LogP contribution in [0.3, 0.4) is 0 Å². The Morgan fingerprint density at radius 3 is 2.59 bits per heavy atom. The van der Waals surface area contributed by atoms with Crippen LogP contribution in [0.25, 0.3) is 22.4 Å². The third kappa shape index (κ3) is 1.86. The zero-order chi connectivity index (χ0) is 15.3. The predicted molar refractivity (Wildman–Crippen MR) is 86.9 cm³/mol. The summed E-state index contributed by atoms with van der Waals surface area (Å²) in [7, 11) is 0. The van der Waals surface area contributed by atoms with E-state index in [0.29, 0.717) is 4.77 Å². The Bertz CT molecular complexity index is 1020. The van der Waals surface area contributed by atoms with Gasteiger partial charge in [0.05, 0.1) is 17.3 Å². The topological polar surface area (TPSA) is 63.8 Å². The van der Waals surface area contributed by atoms with Gasteiger partial charge >= 0.3 is 0 Å². The summed E-state index contributed by atoms with van der Waals surface area (Å²) in [5.74, 6) is 1.17. The molecule has 0 saturated carbocycles. The average molecular weight is 310 g/mol. The first-order valence-corrected chi connectivity index (χ1v) is 7.48. The molecule has 1 aromatic carbocycles. The molecule has 3 heterocycles. The highest BCUT2D eigenvalue weighted by Gasteiger charge is 2.15. The van der Waals surface area contributed by atoms with Crippen molar-refractivity contribution in [1.29, 1.82) is 0 Å². The predicted octanol–water partition coefficient (Wildman–Crippen LogP) is 3.25. The number of benzene rings is 1. The number of fused-ring (bicyclic) bond motifs is 3. The van der Waals surface area contributed by atoms with E-state index in [1.165, 1.54) is 0 Å². The van der Waals surface area contributed by atoms with Gasteiger partial charge in [0, 0.05) is 5.92 Å². The minimum absolute atomic E-state index is 0.286. The van der Waals surface area contributed by atoms with Crippen LogP contribution >= 0.6 is 12.2 Å². The summed E-state index contributed by atoms with van der Waals surface area (Å²) >= 11 is 5.40. The lowest BCUT2D eigenvalue weighted by Crippen LogP contribution is -2.00. The highest BCUT2D eigenvalue weighted by molar-refractivity contribution is 7.71. The van der Waals surface area contributed by atoms with Crippen LogP contribution in [0.1, 0.15) is 25.6 Å². The summed E-state index contributed by atoms with van der Waals surface area (Å²) in [6, 6.07) is 9.88. The maximum atomic E-state index is 5.40. The summed E-state index contributed by atoms with van der Waals surface area (Å²) in [5.41, 5.74) is 2.43. The largest absolute Gasteiger partial charge is 0.277 e. The fraction of sp³-hybridized carbons (Fsp3) is 0.200. The molecule has 3 aromatic heterocycles. The van der Waals surface area contributed by atoms with Crippen molar-refractivity contribution in [3.05, 3.63) is 47.1 Å². The van der Waals surface area contributed by atoms with Crippen molar-refractivity contribution in [1.82, 2.24) is 29.4 Å². The van der Waals surface area contributed by atoms with Crippen molar-refractivity contribution in [3.63, 3.8) is 0 Å². The van der Waals surface area contributed by atoms with Crippen LogP contribution in [-0.4, -0.2) is 29.4 Å². The number of hydrogen-bond donors (Lipinski definition) is 1. The van der Waals surface area contributed by atoms with Crippen molar-refractivity contribution >= 4 is 28.9 Å². The van der Waals surface area contributed by atoms with Crippen LogP contribution in [0.2, 0.25) is 0 Å². The standard InChI is InChI=1S/C15H14N6S/c1-9(2)12-17-13-11-8-16-20(10-6-4-3-5-7-10)14(11)18-15(22)21(13)19-12/h3-9H,1-2H3,(H,17,19). The molecule has 0 saturated heterocycles. The van der Waals surface area contributed by atoms with Crippen molar-refractivity contribution < 1.29 is 0 Å². The number of para-hydroxylation sites is 1. The van der Waals surface area contributed by atoms with Crippen molar-refractivity contribution in [2.75, 3.05) is 0 Å². The Hall–Kier alpha value is -2.54. The Kier molecular flexibility index (Phi) is 2.83. The van der Waals surface area contributed by atoms with E-state index in [9.17, 15) is 0 Å². The van der Waals surface area contributed by atoms with Gasteiger partial charge in [-0.1, -0.05) is 32.0 Å². The zero-order valence-corrected chi connectivity index (χ0v) is 13.0. The maximum Gasteiger partial charge on any atom is 0.222 e. The van der Waals surface area contributed by atoms with Gasteiger partial charge < -0.3 is 0 Å². The molecular formula is C15H14N6S. The molecule has 4 aromatic rings. The van der Waals surface area contributed by atoms with Crippen molar-refractivity contribution in [2.24, 2.45) is 0 Å². The first-order valence-electron chi connectivity index (χ1n) is 7.07. The van der Waals surface area contributed by atoms with Gasteiger partial charge in [-0.2, -0.15) is 10.1 Å². The normalized spacial score (nSPS) is 11.8. The Labute approximate surface area is 131 Å². The first kappa shape index (κ1) is 13.1. The molecule has 0 aliphatic heterocycles. The number of nitrogens with one attached hydrogen (secondary N) is 1. The molecule has 0 radical (unpaired) electrons. The third-order valence-electron chi connectivity index (χ3n) is 3.59. The molecule has 22 heavy (non-hydrogen) atoms. The first-order chi connectivity index (χ1) is 10.6. The summed E-state index contributed by atoms with van der Waals surface area (Å²) in [4.78, 5) is 9.18. The van der Waals surface area contributed by atoms with E-state index in [-0.39, 0.29) is 5.92 Å². The second-order valence-corrected chi connectivity index (χ2v) is 5.81. The number of nitrogens with zero attached hydrogens (tertiary/aromatic N) is 5. The van der Waals surface area contributed by atoms with E-state index in [0.717, 1.165) is 28.2 Å². The van der Waals surface area contributed by atoms with Gasteiger partial charge in [0.1, 0.15) is 5.82 Å². The van der Waals surface area contributed by atoms with Crippen LogP contribution in [0.5, 0.6) is 0 Å². The molecule has 0 atom stereocenters. The molecule has 7 heteroatoms. The lowest BCUT2D eigenvalue weighted by Gasteiger charge is -2.02. The average Bonchev–Trinajstić information content (AvgIpc) is 3.12. The van der Waals surface area contributed by atoms with Crippen LogP contribution in [0.15, 0.2) is 36.5 Å². The number of H-pyrrole nitrogens is 1. The zero-order valence-electron chi connectivity index (χ0n) is 12.2. The fourth-order valence-corrected chi connectivity index (χ4v) is 2.66. The smallest absolute Gasteiger partial charge is 0.222 e. The minimum Gasteiger partial charge on any atom is -0.277 e. The summed E-state index contributed by atoms with van der Waals surface area (Å²) in [6.45, 7) is 4.17. The highest BCUT2D eigenvalue weighted by atomic mass is 32.1. The molecule has 0 bridgehead atoms. The molecule has 0 unspecified atom stereocenters. The lowest BCUT2D eigenvalue weighted by molar-refractivity contribution is 0.758. The minimum atomic E-state index is 0.286. The van der Waals surface area contributed by atoms with Crippen LogP contribution in [0, 0.1) is 4.77 Å². The fourth-order valence-electron chi connectivity index (χ4n) is 2.44. The van der Waals surface area contributed by atoms with E-state index in [4.69, 9.17) is 12.2 Å². The molecule has 0 aliphatic carbocycles. The highest BCUT2D eigenvalue weighted by Crippen LogP contribution is 2.21.